The molecule has 1 aliphatic heterocycles. The molecule has 3 aromatic rings. The zero-order valence-corrected chi connectivity index (χ0v) is 14.8. The molecule has 0 bridgehead atoms. The number of benzene rings is 1. The highest BCUT2D eigenvalue weighted by Gasteiger charge is 2.21. The maximum absolute atomic E-state index is 13.4. The predicted octanol–water partition coefficient (Wildman–Crippen LogP) is 3.37. The van der Waals surface area contributed by atoms with Gasteiger partial charge in [-0.2, -0.15) is 5.10 Å². The first-order valence-corrected chi connectivity index (χ1v) is 8.28. The Balaban J connectivity index is 0.00000182. The second-order valence-electron chi connectivity index (χ2n) is 6.03. The topological polar surface area (TPSA) is 62.2 Å². The minimum Gasteiger partial charge on any atom is -0.317 e. The minimum atomic E-state index is -0.472. The van der Waals surface area contributed by atoms with Crippen molar-refractivity contribution >= 4 is 29.7 Å². The second-order valence-corrected chi connectivity index (χ2v) is 6.44. The molecular formula is C17H17Cl2FN4O. The van der Waals surface area contributed by atoms with Gasteiger partial charge in [0.2, 0.25) is 0 Å². The Morgan fingerprint density at radius 2 is 2.00 bits per heavy atom. The van der Waals surface area contributed by atoms with Crippen LogP contribution in [-0.2, 0) is 0 Å². The Hall–Kier alpha value is -1.89. The normalized spacial score (nSPS) is 15.3. The van der Waals surface area contributed by atoms with Gasteiger partial charge in [0.1, 0.15) is 11.5 Å². The third-order valence-electron chi connectivity index (χ3n) is 4.52. The van der Waals surface area contributed by atoms with Crippen LogP contribution in [0.5, 0.6) is 0 Å². The molecule has 1 saturated heterocycles. The zero-order valence-electron chi connectivity index (χ0n) is 13.3. The van der Waals surface area contributed by atoms with Crippen LogP contribution in [0.1, 0.15) is 24.5 Å². The Labute approximate surface area is 154 Å². The smallest absolute Gasteiger partial charge is 0.251 e. The molecule has 0 unspecified atom stereocenters. The maximum Gasteiger partial charge on any atom is 0.251 e. The fraction of sp³-hybridized carbons (Fsp3) is 0.294. The van der Waals surface area contributed by atoms with Crippen molar-refractivity contribution in [2.24, 2.45) is 0 Å². The Morgan fingerprint density at radius 1 is 1.24 bits per heavy atom. The summed E-state index contributed by atoms with van der Waals surface area (Å²) in [6, 6.07) is 6.12. The fourth-order valence-electron chi connectivity index (χ4n) is 3.30. The number of nitrogens with one attached hydrogen (secondary N) is 2. The summed E-state index contributed by atoms with van der Waals surface area (Å²) < 4.78 is 15.2. The van der Waals surface area contributed by atoms with Crippen molar-refractivity contribution in [3.8, 4) is 11.1 Å². The summed E-state index contributed by atoms with van der Waals surface area (Å²) in [7, 11) is 0. The van der Waals surface area contributed by atoms with Crippen LogP contribution in [0.3, 0.4) is 0 Å². The molecule has 3 heterocycles. The van der Waals surface area contributed by atoms with Crippen molar-refractivity contribution in [3.05, 3.63) is 57.3 Å². The molecule has 132 valence electrons. The Bertz CT molecular complexity index is 963. The van der Waals surface area contributed by atoms with E-state index < -0.39 is 5.82 Å². The number of piperidine rings is 1. The first kappa shape index (κ1) is 17.9. The van der Waals surface area contributed by atoms with Crippen LogP contribution in [0.25, 0.3) is 16.8 Å². The molecule has 1 fully saturated rings. The molecule has 0 amide bonds. The summed E-state index contributed by atoms with van der Waals surface area (Å²) in [5, 5.41) is 7.82. The van der Waals surface area contributed by atoms with E-state index in [1.54, 1.807) is 28.9 Å². The lowest BCUT2D eigenvalue weighted by Gasteiger charge is -2.23. The summed E-state index contributed by atoms with van der Waals surface area (Å²) in [5.41, 5.74) is 2.80. The average Bonchev–Trinajstić information content (AvgIpc) is 3.01. The number of H-pyrrole nitrogens is 1. The lowest BCUT2D eigenvalue weighted by molar-refractivity contribution is 0.446. The molecule has 0 spiro atoms. The van der Waals surface area contributed by atoms with Gasteiger partial charge in [0.05, 0.1) is 16.9 Å². The third-order valence-corrected chi connectivity index (χ3v) is 4.81. The maximum atomic E-state index is 13.4. The number of hydrogen-bond donors (Lipinski definition) is 2. The van der Waals surface area contributed by atoms with Gasteiger partial charge in [-0.25, -0.2) is 8.91 Å². The molecule has 1 aromatic carbocycles. The van der Waals surface area contributed by atoms with Crippen molar-refractivity contribution in [1.82, 2.24) is 19.9 Å². The van der Waals surface area contributed by atoms with E-state index in [0.717, 1.165) is 42.8 Å². The van der Waals surface area contributed by atoms with E-state index in [0.29, 0.717) is 11.6 Å². The SMILES string of the molecule is Cl.O=c1cc(C2CCNCC2)n2ncc(-c3ccc(F)c(Cl)c3)c2[nH]1. The number of aromatic amines is 1. The number of rotatable bonds is 2. The van der Waals surface area contributed by atoms with Crippen molar-refractivity contribution in [1.29, 1.82) is 0 Å². The molecule has 4 rings (SSSR count). The van der Waals surface area contributed by atoms with Crippen LogP contribution in [0.2, 0.25) is 5.02 Å². The molecule has 0 saturated carbocycles. The molecule has 25 heavy (non-hydrogen) atoms. The standard InChI is InChI=1S/C17H16ClFN4O.ClH/c18-13-7-11(1-2-14(13)19)12-9-21-23-15(8-16(24)22-17(12)23)10-3-5-20-6-4-10;/h1-2,7-10,20H,3-6H2,(H,22,24);1H. The molecule has 0 aliphatic carbocycles. The molecule has 1 aliphatic rings. The molecule has 0 radical (unpaired) electrons. The Kier molecular flexibility index (Phi) is 5.13. The van der Waals surface area contributed by atoms with Gasteiger partial charge in [-0.15, -0.1) is 12.4 Å². The second kappa shape index (κ2) is 7.15. The summed E-state index contributed by atoms with van der Waals surface area (Å²) in [6.45, 7) is 1.86. The van der Waals surface area contributed by atoms with Gasteiger partial charge >= 0.3 is 0 Å². The van der Waals surface area contributed by atoms with Crippen molar-refractivity contribution < 1.29 is 4.39 Å². The molecule has 0 atom stereocenters. The average molecular weight is 383 g/mol. The van der Waals surface area contributed by atoms with Crippen molar-refractivity contribution in [2.45, 2.75) is 18.8 Å². The van der Waals surface area contributed by atoms with Crippen molar-refractivity contribution in [3.63, 3.8) is 0 Å². The van der Waals surface area contributed by atoms with Gasteiger partial charge in [0.25, 0.3) is 5.56 Å². The molecule has 2 aromatic heterocycles. The van der Waals surface area contributed by atoms with Crippen LogP contribution in [0, 0.1) is 5.82 Å². The van der Waals surface area contributed by atoms with E-state index in [1.165, 1.54) is 6.07 Å². The molecule has 2 N–H and O–H groups in total. The molecular weight excluding hydrogens is 366 g/mol. The summed E-state index contributed by atoms with van der Waals surface area (Å²) in [5.74, 6) is -0.179. The lowest BCUT2D eigenvalue weighted by Crippen LogP contribution is -2.28. The highest BCUT2D eigenvalue weighted by molar-refractivity contribution is 6.31. The van der Waals surface area contributed by atoms with E-state index in [1.807, 2.05) is 0 Å². The van der Waals surface area contributed by atoms with Gasteiger partial charge in [0.15, 0.2) is 0 Å². The molecule has 8 heteroatoms. The zero-order chi connectivity index (χ0) is 16.7. The van der Waals surface area contributed by atoms with Crippen LogP contribution in [0.15, 0.2) is 35.3 Å². The van der Waals surface area contributed by atoms with Gasteiger partial charge in [0, 0.05) is 17.5 Å². The fourth-order valence-corrected chi connectivity index (χ4v) is 3.48. The number of fused-ring (bicyclic) bond motifs is 1. The highest BCUT2D eigenvalue weighted by Crippen LogP contribution is 2.30. The van der Waals surface area contributed by atoms with Crippen LogP contribution in [-0.4, -0.2) is 27.7 Å². The third kappa shape index (κ3) is 3.29. The number of aromatic nitrogens is 3. The van der Waals surface area contributed by atoms with Gasteiger partial charge in [-0.05, 0) is 43.6 Å². The van der Waals surface area contributed by atoms with E-state index in [4.69, 9.17) is 11.6 Å². The van der Waals surface area contributed by atoms with Crippen LogP contribution < -0.4 is 10.9 Å². The summed E-state index contributed by atoms with van der Waals surface area (Å²) in [4.78, 5) is 15.0. The van der Waals surface area contributed by atoms with Gasteiger partial charge in [-0.1, -0.05) is 17.7 Å². The number of nitrogens with zero attached hydrogens (tertiary/aromatic N) is 2. The first-order chi connectivity index (χ1) is 11.6. The van der Waals surface area contributed by atoms with Gasteiger partial charge < -0.3 is 10.3 Å². The van der Waals surface area contributed by atoms with E-state index >= 15 is 0 Å². The molecule has 5 nitrogen and oxygen atoms in total. The lowest BCUT2D eigenvalue weighted by atomic mass is 9.94. The number of halogens is 3. The van der Waals surface area contributed by atoms with Crippen molar-refractivity contribution in [2.75, 3.05) is 13.1 Å². The van der Waals surface area contributed by atoms with Crippen LogP contribution >= 0.6 is 24.0 Å². The van der Waals surface area contributed by atoms with E-state index in [2.05, 4.69) is 15.4 Å². The first-order valence-electron chi connectivity index (χ1n) is 7.90. The van der Waals surface area contributed by atoms with E-state index in [-0.39, 0.29) is 23.0 Å². The number of hydrogen-bond acceptors (Lipinski definition) is 3. The monoisotopic (exact) mass is 382 g/mol. The van der Waals surface area contributed by atoms with E-state index in [9.17, 15) is 9.18 Å². The summed E-state index contributed by atoms with van der Waals surface area (Å²) in [6.07, 6.45) is 3.62. The highest BCUT2D eigenvalue weighted by atomic mass is 35.5. The minimum absolute atomic E-state index is 0. The summed E-state index contributed by atoms with van der Waals surface area (Å²) >= 11 is 5.89. The predicted molar refractivity (Wildman–Crippen MR) is 98.3 cm³/mol. The Morgan fingerprint density at radius 3 is 2.72 bits per heavy atom. The van der Waals surface area contributed by atoms with Gasteiger partial charge in [-0.3, -0.25) is 4.79 Å². The van der Waals surface area contributed by atoms with Crippen LogP contribution in [0.4, 0.5) is 4.39 Å². The quantitative estimate of drug-likeness (QED) is 0.713. The largest absolute Gasteiger partial charge is 0.317 e.